The van der Waals surface area contributed by atoms with Gasteiger partial charge < -0.3 is 5.73 Å². The van der Waals surface area contributed by atoms with Crippen molar-refractivity contribution in [2.24, 2.45) is 11.7 Å². The predicted octanol–water partition coefficient (Wildman–Crippen LogP) is 2.04. The Morgan fingerprint density at radius 2 is 2.06 bits per heavy atom. The lowest BCUT2D eigenvalue weighted by molar-refractivity contribution is 0.0917. The number of nitrogens with zero attached hydrogens (tertiary/aromatic N) is 2. The molecule has 1 unspecified atom stereocenters. The van der Waals surface area contributed by atoms with Gasteiger partial charge in [-0.3, -0.25) is 4.79 Å². The van der Waals surface area contributed by atoms with Crippen molar-refractivity contribution in [1.29, 1.82) is 0 Å². The zero-order valence-corrected chi connectivity index (χ0v) is 10.4. The normalized spacial score (nSPS) is 12.3. The van der Waals surface area contributed by atoms with E-state index in [-0.39, 0.29) is 11.7 Å². The van der Waals surface area contributed by atoms with Crippen molar-refractivity contribution >= 4 is 5.78 Å². The summed E-state index contributed by atoms with van der Waals surface area (Å²) in [7, 11) is 0. The maximum atomic E-state index is 12.3. The number of nitrogens with two attached hydrogens (primary N) is 1. The van der Waals surface area contributed by atoms with Crippen molar-refractivity contribution in [3.63, 3.8) is 0 Å². The van der Waals surface area contributed by atoms with Crippen LogP contribution in [0.4, 0.5) is 0 Å². The Labute approximate surface area is 106 Å². The molecule has 0 amide bonds. The number of para-hydroxylation sites is 1. The molecule has 0 aliphatic heterocycles. The first-order valence-electron chi connectivity index (χ1n) is 6.07. The van der Waals surface area contributed by atoms with Crippen LogP contribution in [0.25, 0.3) is 5.69 Å². The summed E-state index contributed by atoms with van der Waals surface area (Å²) in [4.78, 5) is 12.3. The molecule has 1 atom stereocenters. The molecule has 0 saturated carbocycles. The zero-order valence-electron chi connectivity index (χ0n) is 10.4. The van der Waals surface area contributed by atoms with Crippen LogP contribution in [-0.4, -0.2) is 22.1 Å². The summed E-state index contributed by atoms with van der Waals surface area (Å²) in [5.74, 6) is 0.0102. The van der Waals surface area contributed by atoms with Crippen molar-refractivity contribution in [3.8, 4) is 5.69 Å². The van der Waals surface area contributed by atoms with Gasteiger partial charge >= 0.3 is 0 Å². The fourth-order valence-electron chi connectivity index (χ4n) is 1.90. The van der Waals surface area contributed by atoms with E-state index >= 15 is 0 Å². The third-order valence-corrected chi connectivity index (χ3v) is 2.94. The van der Waals surface area contributed by atoms with Gasteiger partial charge in [0.05, 0.1) is 11.9 Å². The Kier molecular flexibility index (Phi) is 3.89. The Bertz CT molecular complexity index is 519. The van der Waals surface area contributed by atoms with E-state index in [9.17, 15) is 4.79 Å². The SMILES string of the molecule is CC(CCN)C(=O)c1ccnn1-c1ccccc1. The summed E-state index contributed by atoms with van der Waals surface area (Å²) < 4.78 is 1.68. The molecule has 0 fully saturated rings. The first-order valence-corrected chi connectivity index (χ1v) is 6.07. The molecular formula is C14H17N3O. The van der Waals surface area contributed by atoms with Crippen LogP contribution in [0.15, 0.2) is 42.6 Å². The Hall–Kier alpha value is -1.94. The third kappa shape index (κ3) is 2.49. The molecule has 1 aromatic carbocycles. The highest BCUT2D eigenvalue weighted by molar-refractivity contribution is 5.96. The summed E-state index contributed by atoms with van der Waals surface area (Å²) in [6, 6.07) is 11.4. The third-order valence-electron chi connectivity index (χ3n) is 2.94. The van der Waals surface area contributed by atoms with Crippen LogP contribution >= 0.6 is 0 Å². The summed E-state index contributed by atoms with van der Waals surface area (Å²) in [5, 5.41) is 4.21. The molecule has 2 aromatic rings. The van der Waals surface area contributed by atoms with Crippen LogP contribution < -0.4 is 5.73 Å². The number of carbonyl (C=O) groups excluding carboxylic acids is 1. The lowest BCUT2D eigenvalue weighted by atomic mass is 10.0. The zero-order chi connectivity index (χ0) is 13.0. The highest BCUT2D eigenvalue weighted by Gasteiger charge is 2.19. The summed E-state index contributed by atoms with van der Waals surface area (Å²) in [5.41, 5.74) is 7.00. The van der Waals surface area contributed by atoms with Gasteiger partial charge in [0.1, 0.15) is 5.69 Å². The smallest absolute Gasteiger partial charge is 0.184 e. The minimum Gasteiger partial charge on any atom is -0.330 e. The molecule has 0 aliphatic rings. The maximum Gasteiger partial charge on any atom is 0.184 e. The number of hydrogen-bond acceptors (Lipinski definition) is 3. The summed E-state index contributed by atoms with van der Waals surface area (Å²) in [6.07, 6.45) is 2.34. The molecule has 2 rings (SSSR count). The number of ketones is 1. The number of carbonyl (C=O) groups is 1. The van der Waals surface area contributed by atoms with Gasteiger partial charge in [0.25, 0.3) is 0 Å². The van der Waals surface area contributed by atoms with Crippen LogP contribution in [0.1, 0.15) is 23.8 Å². The highest BCUT2D eigenvalue weighted by Crippen LogP contribution is 2.15. The van der Waals surface area contributed by atoms with E-state index in [1.165, 1.54) is 0 Å². The van der Waals surface area contributed by atoms with E-state index in [0.29, 0.717) is 18.7 Å². The van der Waals surface area contributed by atoms with Crippen LogP contribution in [-0.2, 0) is 0 Å². The van der Waals surface area contributed by atoms with Crippen LogP contribution in [0.3, 0.4) is 0 Å². The molecule has 4 nitrogen and oxygen atoms in total. The van der Waals surface area contributed by atoms with Gasteiger partial charge in [-0.25, -0.2) is 4.68 Å². The maximum absolute atomic E-state index is 12.3. The quantitative estimate of drug-likeness (QED) is 0.817. The Morgan fingerprint density at radius 1 is 1.33 bits per heavy atom. The molecule has 1 heterocycles. The Balaban J connectivity index is 2.31. The molecule has 94 valence electrons. The molecule has 1 aromatic heterocycles. The van der Waals surface area contributed by atoms with Crippen LogP contribution in [0, 0.1) is 5.92 Å². The number of aromatic nitrogens is 2. The van der Waals surface area contributed by atoms with Gasteiger partial charge in [0, 0.05) is 5.92 Å². The predicted molar refractivity (Wildman–Crippen MR) is 70.7 cm³/mol. The Morgan fingerprint density at radius 3 is 2.72 bits per heavy atom. The van der Waals surface area contributed by atoms with Crippen LogP contribution in [0.5, 0.6) is 0 Å². The van der Waals surface area contributed by atoms with Crippen molar-refractivity contribution in [1.82, 2.24) is 9.78 Å². The molecule has 0 saturated heterocycles. The average molecular weight is 243 g/mol. The fraction of sp³-hybridized carbons (Fsp3) is 0.286. The van der Waals surface area contributed by atoms with Crippen molar-refractivity contribution in [2.75, 3.05) is 6.54 Å². The van der Waals surface area contributed by atoms with Gasteiger partial charge in [0.15, 0.2) is 5.78 Å². The minimum atomic E-state index is -0.0748. The van der Waals surface area contributed by atoms with Gasteiger partial charge in [-0.15, -0.1) is 0 Å². The lowest BCUT2D eigenvalue weighted by Gasteiger charge is -2.11. The van der Waals surface area contributed by atoms with Crippen molar-refractivity contribution in [2.45, 2.75) is 13.3 Å². The molecule has 0 spiro atoms. The second-order valence-corrected chi connectivity index (χ2v) is 4.31. The summed E-state index contributed by atoms with van der Waals surface area (Å²) in [6.45, 7) is 2.42. The largest absolute Gasteiger partial charge is 0.330 e. The molecule has 4 heteroatoms. The molecular weight excluding hydrogens is 226 g/mol. The fourth-order valence-corrected chi connectivity index (χ4v) is 1.90. The average Bonchev–Trinajstić information content (AvgIpc) is 2.88. The van der Waals surface area contributed by atoms with E-state index in [2.05, 4.69) is 5.10 Å². The van der Waals surface area contributed by atoms with Gasteiger partial charge in [0.2, 0.25) is 0 Å². The topological polar surface area (TPSA) is 60.9 Å². The van der Waals surface area contributed by atoms with Crippen LogP contribution in [0.2, 0.25) is 0 Å². The number of hydrogen-bond donors (Lipinski definition) is 1. The number of benzene rings is 1. The van der Waals surface area contributed by atoms with Crippen molar-refractivity contribution in [3.05, 3.63) is 48.3 Å². The molecule has 0 aliphatic carbocycles. The van der Waals surface area contributed by atoms with E-state index in [4.69, 9.17) is 5.73 Å². The van der Waals surface area contributed by atoms with Gasteiger partial charge in [-0.05, 0) is 31.2 Å². The van der Waals surface area contributed by atoms with Gasteiger partial charge in [-0.1, -0.05) is 25.1 Å². The molecule has 0 radical (unpaired) electrons. The van der Waals surface area contributed by atoms with E-state index in [0.717, 1.165) is 5.69 Å². The lowest BCUT2D eigenvalue weighted by Crippen LogP contribution is -2.19. The molecule has 18 heavy (non-hydrogen) atoms. The van der Waals surface area contributed by atoms with E-state index < -0.39 is 0 Å². The van der Waals surface area contributed by atoms with Crippen molar-refractivity contribution < 1.29 is 4.79 Å². The summed E-state index contributed by atoms with van der Waals surface area (Å²) >= 11 is 0. The molecule has 0 bridgehead atoms. The number of rotatable bonds is 5. The van der Waals surface area contributed by atoms with E-state index in [1.807, 2.05) is 37.3 Å². The van der Waals surface area contributed by atoms with E-state index in [1.54, 1.807) is 16.9 Å². The minimum absolute atomic E-state index is 0.0748. The monoisotopic (exact) mass is 243 g/mol. The first kappa shape index (κ1) is 12.5. The van der Waals surface area contributed by atoms with Gasteiger partial charge in [-0.2, -0.15) is 5.10 Å². The second kappa shape index (κ2) is 5.60. The first-order chi connectivity index (χ1) is 8.74. The second-order valence-electron chi connectivity index (χ2n) is 4.31. The standard InChI is InChI=1S/C14H17N3O/c1-11(7-9-15)14(18)13-8-10-16-17(13)12-5-3-2-4-6-12/h2-6,8,10-11H,7,9,15H2,1H3. The molecule has 2 N–H and O–H groups in total. The number of Topliss-reactive ketones (excluding diaryl/α,β-unsaturated/α-hetero) is 1. The highest BCUT2D eigenvalue weighted by atomic mass is 16.1.